The highest BCUT2D eigenvalue weighted by Crippen LogP contribution is 2.33. The summed E-state index contributed by atoms with van der Waals surface area (Å²) in [4.78, 5) is 12.4. The molecule has 22 heavy (non-hydrogen) atoms. The van der Waals surface area contributed by atoms with Gasteiger partial charge in [0.2, 0.25) is 0 Å². The van der Waals surface area contributed by atoms with Crippen molar-refractivity contribution in [2.75, 3.05) is 13.2 Å². The first kappa shape index (κ1) is 15.2. The number of ether oxygens (including phenoxy) is 2. The molecule has 2 aromatic rings. The van der Waals surface area contributed by atoms with Crippen LogP contribution in [0.2, 0.25) is 5.02 Å². The summed E-state index contributed by atoms with van der Waals surface area (Å²) in [5, 5.41) is 3.45. The van der Waals surface area contributed by atoms with Crippen LogP contribution >= 0.6 is 27.5 Å². The number of rotatable bonds is 3. The van der Waals surface area contributed by atoms with Crippen molar-refractivity contribution in [2.45, 2.75) is 6.54 Å². The third-order valence-corrected chi connectivity index (χ3v) is 4.11. The summed E-state index contributed by atoms with van der Waals surface area (Å²) in [6.07, 6.45) is 0. The van der Waals surface area contributed by atoms with Gasteiger partial charge in [0.05, 0.1) is 5.56 Å². The molecule has 1 aliphatic rings. The normalized spacial score (nSPS) is 12.8. The molecule has 1 N–H and O–H groups in total. The van der Waals surface area contributed by atoms with Gasteiger partial charge >= 0.3 is 0 Å². The lowest BCUT2D eigenvalue weighted by atomic mass is 10.1. The molecule has 2 aromatic carbocycles. The second-order valence-electron chi connectivity index (χ2n) is 4.75. The molecule has 0 bridgehead atoms. The first-order valence-corrected chi connectivity index (χ1v) is 7.93. The average Bonchev–Trinajstić information content (AvgIpc) is 2.53. The quantitative estimate of drug-likeness (QED) is 0.878. The summed E-state index contributed by atoms with van der Waals surface area (Å²) >= 11 is 9.50. The van der Waals surface area contributed by atoms with Crippen molar-refractivity contribution in [3.8, 4) is 11.5 Å². The minimum absolute atomic E-state index is 0.221. The molecule has 1 heterocycles. The topological polar surface area (TPSA) is 47.6 Å². The summed E-state index contributed by atoms with van der Waals surface area (Å²) < 4.78 is 11.9. The Labute approximate surface area is 141 Å². The van der Waals surface area contributed by atoms with Gasteiger partial charge in [-0.1, -0.05) is 39.7 Å². The maximum Gasteiger partial charge on any atom is 0.255 e. The molecule has 0 saturated heterocycles. The molecule has 0 aliphatic carbocycles. The number of amides is 1. The Balaban J connectivity index is 1.75. The minimum Gasteiger partial charge on any atom is -0.486 e. The minimum atomic E-state index is -0.221. The summed E-state index contributed by atoms with van der Waals surface area (Å²) in [5.74, 6) is 0.870. The van der Waals surface area contributed by atoms with Crippen molar-refractivity contribution in [3.05, 3.63) is 57.0 Å². The van der Waals surface area contributed by atoms with Crippen LogP contribution in [0, 0.1) is 0 Å². The van der Waals surface area contributed by atoms with E-state index in [0.29, 0.717) is 41.8 Å². The molecule has 1 aliphatic heterocycles. The zero-order valence-corrected chi connectivity index (χ0v) is 13.9. The van der Waals surface area contributed by atoms with Crippen LogP contribution in [0.25, 0.3) is 0 Å². The van der Waals surface area contributed by atoms with E-state index in [1.165, 1.54) is 0 Å². The SMILES string of the molecule is O=C(NCc1ccc(Br)cc1Cl)c1cccc2c1OCCO2. The standard InChI is InChI=1S/C16H13BrClNO3/c17-11-5-4-10(13(18)8-11)9-19-16(20)12-2-1-3-14-15(12)22-7-6-21-14/h1-5,8H,6-7,9H2,(H,19,20). The summed E-state index contributed by atoms with van der Waals surface area (Å²) in [6, 6.07) is 10.8. The Hall–Kier alpha value is -1.72. The molecule has 3 rings (SSSR count). The number of carbonyl (C=O) groups is 1. The zero-order valence-electron chi connectivity index (χ0n) is 11.6. The lowest BCUT2D eigenvalue weighted by molar-refractivity contribution is 0.0940. The van der Waals surface area contributed by atoms with E-state index in [-0.39, 0.29) is 5.91 Å². The number of para-hydroxylation sites is 1. The molecular formula is C16H13BrClNO3. The molecule has 6 heteroatoms. The fourth-order valence-electron chi connectivity index (χ4n) is 2.19. The Morgan fingerprint density at radius 3 is 2.86 bits per heavy atom. The van der Waals surface area contributed by atoms with Crippen molar-refractivity contribution < 1.29 is 14.3 Å². The highest BCUT2D eigenvalue weighted by atomic mass is 79.9. The van der Waals surface area contributed by atoms with Crippen molar-refractivity contribution in [3.63, 3.8) is 0 Å². The molecule has 0 unspecified atom stereocenters. The van der Waals surface area contributed by atoms with Gasteiger partial charge in [-0.25, -0.2) is 0 Å². The van der Waals surface area contributed by atoms with E-state index < -0.39 is 0 Å². The Kier molecular flexibility index (Phi) is 4.55. The van der Waals surface area contributed by atoms with E-state index >= 15 is 0 Å². The predicted octanol–water partition coefficient (Wildman–Crippen LogP) is 3.80. The van der Waals surface area contributed by atoms with E-state index in [9.17, 15) is 4.79 Å². The number of hydrogen-bond donors (Lipinski definition) is 1. The van der Waals surface area contributed by atoms with Gasteiger partial charge in [-0.05, 0) is 29.8 Å². The molecule has 0 aromatic heterocycles. The Bertz CT molecular complexity index is 721. The predicted molar refractivity (Wildman–Crippen MR) is 87.8 cm³/mol. The van der Waals surface area contributed by atoms with Crippen molar-refractivity contribution in [1.82, 2.24) is 5.32 Å². The average molecular weight is 383 g/mol. The van der Waals surface area contributed by atoms with Crippen LogP contribution in [0.15, 0.2) is 40.9 Å². The highest BCUT2D eigenvalue weighted by Gasteiger charge is 2.20. The summed E-state index contributed by atoms with van der Waals surface area (Å²) in [5.41, 5.74) is 1.31. The lowest BCUT2D eigenvalue weighted by Gasteiger charge is -2.20. The van der Waals surface area contributed by atoms with Gasteiger partial charge in [0.15, 0.2) is 11.5 Å². The number of fused-ring (bicyclic) bond motifs is 1. The monoisotopic (exact) mass is 381 g/mol. The summed E-state index contributed by atoms with van der Waals surface area (Å²) in [7, 11) is 0. The summed E-state index contributed by atoms with van der Waals surface area (Å²) in [6.45, 7) is 1.28. The van der Waals surface area contributed by atoms with Gasteiger partial charge in [-0.3, -0.25) is 4.79 Å². The molecule has 0 fully saturated rings. The fourth-order valence-corrected chi connectivity index (χ4v) is 2.93. The van der Waals surface area contributed by atoms with Crippen LogP contribution in [-0.2, 0) is 6.54 Å². The largest absolute Gasteiger partial charge is 0.486 e. The van der Waals surface area contributed by atoms with Crippen LogP contribution < -0.4 is 14.8 Å². The smallest absolute Gasteiger partial charge is 0.255 e. The molecule has 0 atom stereocenters. The molecule has 0 saturated carbocycles. The molecule has 0 spiro atoms. The fraction of sp³-hybridized carbons (Fsp3) is 0.188. The van der Waals surface area contributed by atoms with Crippen molar-refractivity contribution in [1.29, 1.82) is 0 Å². The Morgan fingerprint density at radius 1 is 1.23 bits per heavy atom. The zero-order chi connectivity index (χ0) is 15.5. The van der Waals surface area contributed by atoms with Gasteiger partial charge in [-0.2, -0.15) is 0 Å². The van der Waals surface area contributed by atoms with Crippen molar-refractivity contribution >= 4 is 33.4 Å². The van der Waals surface area contributed by atoms with Gasteiger partial charge in [0, 0.05) is 16.0 Å². The van der Waals surface area contributed by atoms with E-state index in [4.69, 9.17) is 21.1 Å². The molecule has 4 nitrogen and oxygen atoms in total. The van der Waals surface area contributed by atoms with E-state index in [0.717, 1.165) is 10.0 Å². The number of hydrogen-bond acceptors (Lipinski definition) is 3. The van der Waals surface area contributed by atoms with E-state index in [2.05, 4.69) is 21.2 Å². The van der Waals surface area contributed by atoms with Crippen LogP contribution in [0.1, 0.15) is 15.9 Å². The van der Waals surface area contributed by atoms with Gasteiger partial charge in [-0.15, -0.1) is 0 Å². The number of halogens is 2. The third-order valence-electron chi connectivity index (χ3n) is 3.27. The first-order chi connectivity index (χ1) is 10.6. The molecule has 114 valence electrons. The van der Waals surface area contributed by atoms with Crippen LogP contribution in [0.4, 0.5) is 0 Å². The van der Waals surface area contributed by atoms with Crippen LogP contribution in [0.3, 0.4) is 0 Å². The van der Waals surface area contributed by atoms with E-state index in [1.54, 1.807) is 24.3 Å². The number of carbonyl (C=O) groups excluding carboxylic acids is 1. The second kappa shape index (κ2) is 6.58. The highest BCUT2D eigenvalue weighted by molar-refractivity contribution is 9.10. The van der Waals surface area contributed by atoms with Gasteiger partial charge in [0.25, 0.3) is 5.91 Å². The van der Waals surface area contributed by atoms with Gasteiger partial charge in [0.1, 0.15) is 13.2 Å². The van der Waals surface area contributed by atoms with Crippen molar-refractivity contribution in [2.24, 2.45) is 0 Å². The van der Waals surface area contributed by atoms with Crippen LogP contribution in [0.5, 0.6) is 11.5 Å². The molecular weight excluding hydrogens is 370 g/mol. The van der Waals surface area contributed by atoms with Crippen LogP contribution in [-0.4, -0.2) is 19.1 Å². The molecule has 1 amide bonds. The molecule has 0 radical (unpaired) electrons. The van der Waals surface area contributed by atoms with Gasteiger partial charge < -0.3 is 14.8 Å². The maximum absolute atomic E-state index is 12.4. The number of nitrogens with one attached hydrogen (secondary N) is 1. The second-order valence-corrected chi connectivity index (χ2v) is 6.07. The van der Waals surface area contributed by atoms with E-state index in [1.807, 2.05) is 12.1 Å². The first-order valence-electron chi connectivity index (χ1n) is 6.76. The lowest BCUT2D eigenvalue weighted by Crippen LogP contribution is -2.25. The maximum atomic E-state index is 12.4. The number of benzene rings is 2. The third kappa shape index (κ3) is 3.20. The Morgan fingerprint density at radius 2 is 2.05 bits per heavy atom.